The van der Waals surface area contributed by atoms with Crippen molar-refractivity contribution in [2.24, 2.45) is 0 Å². The summed E-state index contributed by atoms with van der Waals surface area (Å²) in [5.41, 5.74) is 1.27. The van der Waals surface area contributed by atoms with E-state index in [-0.39, 0.29) is 0 Å². The van der Waals surface area contributed by atoms with Crippen LogP contribution in [0.5, 0.6) is 0 Å². The smallest absolute Gasteiger partial charge is 0.0542 e. The van der Waals surface area contributed by atoms with E-state index >= 15 is 0 Å². The van der Waals surface area contributed by atoms with E-state index in [1.807, 2.05) is 0 Å². The molecule has 1 aromatic rings. The minimum Gasteiger partial charge on any atom is -0.313 e. The Bertz CT molecular complexity index is 378. The third-order valence-electron chi connectivity index (χ3n) is 3.34. The van der Waals surface area contributed by atoms with E-state index in [1.165, 1.54) is 44.5 Å². The highest BCUT2D eigenvalue weighted by molar-refractivity contribution is 14.1. The zero-order valence-electron chi connectivity index (χ0n) is 10.6. The van der Waals surface area contributed by atoms with Gasteiger partial charge in [-0.15, -0.1) is 0 Å². The first-order chi connectivity index (χ1) is 8.75. The molecule has 18 heavy (non-hydrogen) atoms. The maximum atomic E-state index is 6.10. The van der Waals surface area contributed by atoms with Crippen molar-refractivity contribution in [1.82, 2.24) is 10.2 Å². The zero-order chi connectivity index (χ0) is 12.8. The summed E-state index contributed by atoms with van der Waals surface area (Å²) >= 11 is 8.35. The van der Waals surface area contributed by atoms with Crippen molar-refractivity contribution in [1.29, 1.82) is 0 Å². The Hall–Kier alpha value is 0.160. The van der Waals surface area contributed by atoms with Gasteiger partial charge < -0.3 is 10.2 Å². The topological polar surface area (TPSA) is 15.3 Å². The Morgan fingerprint density at radius 2 is 2.06 bits per heavy atom. The number of likely N-dealkylation sites (tertiary alicyclic amines) is 1. The van der Waals surface area contributed by atoms with E-state index in [2.05, 4.69) is 51.0 Å². The monoisotopic (exact) mass is 378 g/mol. The summed E-state index contributed by atoms with van der Waals surface area (Å²) < 4.78 is 1.12. The maximum absolute atomic E-state index is 6.10. The van der Waals surface area contributed by atoms with E-state index in [1.54, 1.807) is 0 Å². The van der Waals surface area contributed by atoms with Crippen LogP contribution in [0.25, 0.3) is 0 Å². The van der Waals surface area contributed by atoms with E-state index in [9.17, 15) is 0 Å². The Labute approximate surface area is 128 Å². The predicted molar refractivity (Wildman–Crippen MR) is 86.2 cm³/mol. The van der Waals surface area contributed by atoms with Gasteiger partial charge in [0.25, 0.3) is 0 Å². The van der Waals surface area contributed by atoms with E-state index < -0.39 is 0 Å². The van der Waals surface area contributed by atoms with Crippen molar-refractivity contribution >= 4 is 34.2 Å². The van der Waals surface area contributed by atoms with Crippen LogP contribution in [-0.2, 0) is 6.54 Å². The summed E-state index contributed by atoms with van der Waals surface area (Å²) in [7, 11) is 0. The molecule has 1 N–H and O–H groups in total. The standard InChI is InChI=1S/C14H20ClIN2/c15-13-10-12(4-5-14(13)16)11-17-6-3-9-18-7-1-2-8-18/h4-5,10,17H,1-3,6-9,11H2. The van der Waals surface area contributed by atoms with Crippen molar-refractivity contribution in [2.45, 2.75) is 25.8 Å². The number of nitrogens with zero attached hydrogens (tertiary/aromatic N) is 1. The largest absolute Gasteiger partial charge is 0.313 e. The van der Waals surface area contributed by atoms with Crippen molar-refractivity contribution in [3.8, 4) is 0 Å². The molecule has 0 amide bonds. The van der Waals surface area contributed by atoms with E-state index in [0.717, 1.165) is 21.7 Å². The first kappa shape index (κ1) is 14.6. The lowest BCUT2D eigenvalue weighted by atomic mass is 10.2. The SMILES string of the molecule is Clc1cc(CNCCCN2CCCC2)ccc1I. The van der Waals surface area contributed by atoms with Crippen molar-refractivity contribution in [3.05, 3.63) is 32.4 Å². The number of halogens is 2. The van der Waals surface area contributed by atoms with Crippen LogP contribution in [0, 0.1) is 3.57 Å². The molecule has 1 fully saturated rings. The minimum absolute atomic E-state index is 0.854. The molecule has 0 atom stereocenters. The third kappa shape index (κ3) is 4.68. The maximum Gasteiger partial charge on any atom is 0.0542 e. The van der Waals surface area contributed by atoms with Crippen LogP contribution in [0.1, 0.15) is 24.8 Å². The van der Waals surface area contributed by atoms with Crippen molar-refractivity contribution in [3.63, 3.8) is 0 Å². The molecule has 1 heterocycles. The van der Waals surface area contributed by atoms with Crippen LogP contribution in [0.2, 0.25) is 5.02 Å². The van der Waals surface area contributed by atoms with Crippen molar-refractivity contribution in [2.75, 3.05) is 26.2 Å². The molecule has 0 aliphatic carbocycles. The average Bonchev–Trinajstić information content (AvgIpc) is 2.86. The summed E-state index contributed by atoms with van der Waals surface area (Å²) in [6.07, 6.45) is 4.00. The van der Waals surface area contributed by atoms with Gasteiger partial charge >= 0.3 is 0 Å². The number of hydrogen-bond donors (Lipinski definition) is 1. The van der Waals surface area contributed by atoms with Gasteiger partial charge in [-0.3, -0.25) is 0 Å². The molecule has 1 aromatic carbocycles. The fourth-order valence-electron chi connectivity index (χ4n) is 2.32. The molecule has 0 saturated carbocycles. The molecule has 0 radical (unpaired) electrons. The predicted octanol–water partition coefficient (Wildman–Crippen LogP) is 3.52. The summed E-state index contributed by atoms with van der Waals surface area (Å²) in [5, 5.41) is 4.34. The van der Waals surface area contributed by atoms with E-state index in [0.29, 0.717) is 0 Å². The first-order valence-electron chi connectivity index (χ1n) is 6.63. The van der Waals surface area contributed by atoms with Gasteiger partial charge in [0.05, 0.1) is 5.02 Å². The molecule has 0 spiro atoms. The lowest BCUT2D eigenvalue weighted by Gasteiger charge is -2.14. The van der Waals surface area contributed by atoms with Gasteiger partial charge in [-0.25, -0.2) is 0 Å². The molecule has 2 rings (SSSR count). The number of benzene rings is 1. The molecule has 1 aliphatic rings. The lowest BCUT2D eigenvalue weighted by Crippen LogP contribution is -2.24. The normalized spacial score (nSPS) is 16.3. The zero-order valence-corrected chi connectivity index (χ0v) is 13.5. The lowest BCUT2D eigenvalue weighted by molar-refractivity contribution is 0.331. The molecule has 1 aliphatic heterocycles. The average molecular weight is 379 g/mol. The summed E-state index contributed by atoms with van der Waals surface area (Å²) in [6, 6.07) is 6.27. The van der Waals surface area contributed by atoms with Crippen LogP contribution in [0.4, 0.5) is 0 Å². The van der Waals surface area contributed by atoms with Crippen LogP contribution in [-0.4, -0.2) is 31.1 Å². The van der Waals surface area contributed by atoms with Gasteiger partial charge in [0.2, 0.25) is 0 Å². The second kappa shape index (κ2) is 7.68. The van der Waals surface area contributed by atoms with Crippen LogP contribution in [0.15, 0.2) is 18.2 Å². The summed E-state index contributed by atoms with van der Waals surface area (Å²) in [4.78, 5) is 2.56. The first-order valence-corrected chi connectivity index (χ1v) is 8.08. The Morgan fingerprint density at radius 1 is 1.28 bits per heavy atom. The minimum atomic E-state index is 0.854. The van der Waals surface area contributed by atoms with Gasteiger partial charge in [-0.2, -0.15) is 0 Å². The van der Waals surface area contributed by atoms with Gasteiger partial charge in [0, 0.05) is 10.1 Å². The number of hydrogen-bond acceptors (Lipinski definition) is 2. The fraction of sp³-hybridized carbons (Fsp3) is 0.571. The second-order valence-corrected chi connectivity index (χ2v) is 6.40. The summed E-state index contributed by atoms with van der Waals surface area (Å²) in [5.74, 6) is 0. The molecule has 0 unspecified atom stereocenters. The van der Waals surface area contributed by atoms with Crippen LogP contribution >= 0.6 is 34.2 Å². The highest BCUT2D eigenvalue weighted by atomic mass is 127. The van der Waals surface area contributed by atoms with Gasteiger partial charge in [0.15, 0.2) is 0 Å². The molecule has 0 bridgehead atoms. The Morgan fingerprint density at radius 3 is 2.78 bits per heavy atom. The van der Waals surface area contributed by atoms with Gasteiger partial charge in [-0.05, 0) is 85.7 Å². The van der Waals surface area contributed by atoms with E-state index in [4.69, 9.17) is 11.6 Å². The second-order valence-electron chi connectivity index (χ2n) is 4.83. The number of rotatable bonds is 6. The molecule has 100 valence electrons. The molecule has 1 saturated heterocycles. The Kier molecular flexibility index (Phi) is 6.21. The summed E-state index contributed by atoms with van der Waals surface area (Å²) in [6.45, 7) is 5.83. The van der Waals surface area contributed by atoms with Crippen LogP contribution in [0.3, 0.4) is 0 Å². The molecule has 4 heteroatoms. The quantitative estimate of drug-likeness (QED) is 0.602. The van der Waals surface area contributed by atoms with Gasteiger partial charge in [0.1, 0.15) is 0 Å². The highest BCUT2D eigenvalue weighted by Gasteiger charge is 2.09. The highest BCUT2D eigenvalue weighted by Crippen LogP contribution is 2.19. The molecule has 2 nitrogen and oxygen atoms in total. The Balaban J connectivity index is 1.61. The fourth-order valence-corrected chi connectivity index (χ4v) is 2.85. The number of nitrogens with one attached hydrogen (secondary N) is 1. The molecule has 0 aromatic heterocycles. The van der Waals surface area contributed by atoms with Crippen molar-refractivity contribution < 1.29 is 0 Å². The molecular formula is C14H20ClIN2. The molecular weight excluding hydrogens is 359 g/mol. The van der Waals surface area contributed by atoms with Gasteiger partial charge in [-0.1, -0.05) is 17.7 Å². The third-order valence-corrected chi connectivity index (χ3v) is 4.91. The van der Waals surface area contributed by atoms with Crippen LogP contribution < -0.4 is 5.32 Å².